The van der Waals surface area contributed by atoms with Crippen LogP contribution in [0.5, 0.6) is 5.75 Å². The second-order valence-corrected chi connectivity index (χ2v) is 4.92. The van der Waals surface area contributed by atoms with Crippen molar-refractivity contribution in [3.63, 3.8) is 0 Å². The van der Waals surface area contributed by atoms with Crippen LogP contribution in [0.3, 0.4) is 0 Å². The summed E-state index contributed by atoms with van der Waals surface area (Å²) in [6.45, 7) is 7.29. The van der Waals surface area contributed by atoms with Gasteiger partial charge >= 0.3 is 0 Å². The minimum Gasteiger partial charge on any atom is -0.494 e. The highest BCUT2D eigenvalue weighted by atomic mass is 16.5. The van der Waals surface area contributed by atoms with Crippen LogP contribution in [-0.4, -0.2) is 19.7 Å². The first-order valence-corrected chi connectivity index (χ1v) is 6.75. The molecule has 1 heterocycles. The molecule has 2 heteroatoms. The van der Waals surface area contributed by atoms with Gasteiger partial charge in [-0.1, -0.05) is 25.5 Å². The third-order valence-corrected chi connectivity index (χ3v) is 3.73. The summed E-state index contributed by atoms with van der Waals surface area (Å²) in [6, 6.07) is 8.66. The van der Waals surface area contributed by atoms with E-state index in [1.807, 2.05) is 6.92 Å². The van der Waals surface area contributed by atoms with Crippen LogP contribution in [0.1, 0.15) is 38.7 Å². The fourth-order valence-electron chi connectivity index (χ4n) is 2.91. The molecule has 0 unspecified atom stereocenters. The zero-order valence-corrected chi connectivity index (χ0v) is 11.0. The van der Waals surface area contributed by atoms with E-state index in [1.165, 1.54) is 24.8 Å². The highest BCUT2D eigenvalue weighted by Gasteiger charge is 2.34. The summed E-state index contributed by atoms with van der Waals surface area (Å²) in [7, 11) is 0. The van der Waals surface area contributed by atoms with E-state index in [1.54, 1.807) is 0 Å². The Bertz CT molecular complexity index is 356. The Labute approximate surface area is 104 Å². The Morgan fingerprint density at radius 2 is 2.24 bits per heavy atom. The molecular weight excluding hydrogens is 210 g/mol. The van der Waals surface area contributed by atoms with E-state index >= 15 is 0 Å². The first-order valence-electron chi connectivity index (χ1n) is 6.75. The number of ether oxygens (including phenoxy) is 1. The Kier molecular flexibility index (Phi) is 4.06. The van der Waals surface area contributed by atoms with Gasteiger partial charge in [0.1, 0.15) is 5.75 Å². The number of hydrogen-bond donors (Lipinski definition) is 1. The number of nitrogens with one attached hydrogen (secondary N) is 1. The summed E-state index contributed by atoms with van der Waals surface area (Å²) >= 11 is 0. The van der Waals surface area contributed by atoms with Gasteiger partial charge in [0, 0.05) is 12.0 Å². The monoisotopic (exact) mass is 233 g/mol. The molecule has 2 rings (SSSR count). The Morgan fingerprint density at radius 3 is 2.88 bits per heavy atom. The summed E-state index contributed by atoms with van der Waals surface area (Å²) in [4.78, 5) is 0. The predicted molar refractivity (Wildman–Crippen MR) is 71.7 cm³/mol. The van der Waals surface area contributed by atoms with Crippen LogP contribution in [0.25, 0.3) is 0 Å². The molecule has 17 heavy (non-hydrogen) atoms. The lowest BCUT2D eigenvalue weighted by molar-refractivity contribution is 0.337. The number of rotatable bonds is 5. The molecule has 0 bridgehead atoms. The highest BCUT2D eigenvalue weighted by molar-refractivity contribution is 5.35. The summed E-state index contributed by atoms with van der Waals surface area (Å²) in [5.74, 6) is 1.01. The van der Waals surface area contributed by atoms with Gasteiger partial charge in [-0.05, 0) is 44.0 Å². The minimum absolute atomic E-state index is 0.335. The second kappa shape index (κ2) is 5.54. The number of hydrogen-bond acceptors (Lipinski definition) is 2. The Balaban J connectivity index is 2.26. The van der Waals surface area contributed by atoms with Gasteiger partial charge < -0.3 is 10.1 Å². The third kappa shape index (κ3) is 2.63. The van der Waals surface area contributed by atoms with Crippen molar-refractivity contribution in [2.75, 3.05) is 19.7 Å². The molecule has 1 aliphatic rings. The minimum atomic E-state index is 0.335. The van der Waals surface area contributed by atoms with Gasteiger partial charge in [0.2, 0.25) is 0 Å². The molecule has 1 saturated heterocycles. The van der Waals surface area contributed by atoms with Crippen LogP contribution >= 0.6 is 0 Å². The lowest BCUT2D eigenvalue weighted by Crippen LogP contribution is -2.28. The largest absolute Gasteiger partial charge is 0.494 e. The van der Waals surface area contributed by atoms with Gasteiger partial charge in [0.05, 0.1) is 6.61 Å². The van der Waals surface area contributed by atoms with Crippen LogP contribution in [0.15, 0.2) is 24.3 Å². The summed E-state index contributed by atoms with van der Waals surface area (Å²) in [6.07, 6.45) is 3.74. The molecule has 1 atom stereocenters. The molecule has 2 nitrogen and oxygen atoms in total. The fourth-order valence-corrected chi connectivity index (χ4v) is 2.91. The standard InChI is InChI=1S/C15H23NO/c1-3-8-15(9-10-16-12-15)13-6-5-7-14(11-13)17-4-2/h5-7,11,16H,3-4,8-10,12H2,1-2H3/t15-/m0/s1. The number of benzene rings is 1. The van der Waals surface area contributed by atoms with Gasteiger partial charge in [0.15, 0.2) is 0 Å². The first-order chi connectivity index (χ1) is 8.30. The van der Waals surface area contributed by atoms with Crippen molar-refractivity contribution in [1.82, 2.24) is 5.32 Å². The average Bonchev–Trinajstić information content (AvgIpc) is 2.80. The van der Waals surface area contributed by atoms with E-state index in [4.69, 9.17) is 4.74 Å². The van der Waals surface area contributed by atoms with Crippen molar-refractivity contribution in [2.45, 2.75) is 38.5 Å². The molecule has 1 N–H and O–H groups in total. The van der Waals surface area contributed by atoms with Crippen LogP contribution < -0.4 is 10.1 Å². The molecule has 0 aromatic heterocycles. The van der Waals surface area contributed by atoms with Gasteiger partial charge in [-0.3, -0.25) is 0 Å². The van der Waals surface area contributed by atoms with Crippen molar-refractivity contribution < 1.29 is 4.74 Å². The maximum atomic E-state index is 5.61. The van der Waals surface area contributed by atoms with E-state index in [2.05, 4.69) is 36.5 Å². The fraction of sp³-hybridized carbons (Fsp3) is 0.600. The second-order valence-electron chi connectivity index (χ2n) is 4.92. The average molecular weight is 233 g/mol. The Morgan fingerprint density at radius 1 is 1.35 bits per heavy atom. The van der Waals surface area contributed by atoms with Crippen molar-refractivity contribution >= 4 is 0 Å². The van der Waals surface area contributed by atoms with Crippen molar-refractivity contribution in [2.24, 2.45) is 0 Å². The third-order valence-electron chi connectivity index (χ3n) is 3.73. The van der Waals surface area contributed by atoms with Crippen LogP contribution in [0, 0.1) is 0 Å². The van der Waals surface area contributed by atoms with E-state index in [9.17, 15) is 0 Å². The van der Waals surface area contributed by atoms with E-state index in [-0.39, 0.29) is 0 Å². The van der Waals surface area contributed by atoms with Crippen molar-refractivity contribution in [3.05, 3.63) is 29.8 Å². The zero-order chi connectivity index (χ0) is 12.1. The molecule has 1 aromatic rings. The van der Waals surface area contributed by atoms with Gasteiger partial charge in [0.25, 0.3) is 0 Å². The van der Waals surface area contributed by atoms with Gasteiger partial charge in [-0.25, -0.2) is 0 Å². The van der Waals surface area contributed by atoms with Gasteiger partial charge in [-0.2, -0.15) is 0 Å². The van der Waals surface area contributed by atoms with E-state index in [0.717, 1.165) is 25.4 Å². The smallest absolute Gasteiger partial charge is 0.119 e. The maximum Gasteiger partial charge on any atom is 0.119 e. The molecule has 0 saturated carbocycles. The zero-order valence-electron chi connectivity index (χ0n) is 11.0. The van der Waals surface area contributed by atoms with Crippen LogP contribution in [0.4, 0.5) is 0 Å². The van der Waals surface area contributed by atoms with E-state index in [0.29, 0.717) is 5.41 Å². The Hall–Kier alpha value is -1.02. The molecule has 1 fully saturated rings. The molecular formula is C15H23NO. The van der Waals surface area contributed by atoms with Crippen molar-refractivity contribution in [3.8, 4) is 5.75 Å². The first kappa shape index (κ1) is 12.4. The van der Waals surface area contributed by atoms with Crippen LogP contribution in [0.2, 0.25) is 0 Å². The molecule has 0 radical (unpaired) electrons. The SMILES string of the molecule is CCC[C@]1(c2cccc(OCC)c2)CCNC1. The maximum absolute atomic E-state index is 5.61. The van der Waals surface area contributed by atoms with Crippen LogP contribution in [-0.2, 0) is 5.41 Å². The molecule has 0 aliphatic carbocycles. The lowest BCUT2D eigenvalue weighted by atomic mass is 9.76. The summed E-state index contributed by atoms with van der Waals surface area (Å²) in [5, 5.41) is 3.51. The molecule has 1 aliphatic heterocycles. The summed E-state index contributed by atoms with van der Waals surface area (Å²) in [5.41, 5.74) is 1.78. The summed E-state index contributed by atoms with van der Waals surface area (Å²) < 4.78 is 5.61. The normalized spacial score (nSPS) is 23.9. The molecule has 1 aromatic carbocycles. The molecule has 0 spiro atoms. The lowest BCUT2D eigenvalue weighted by Gasteiger charge is -2.29. The quantitative estimate of drug-likeness (QED) is 0.843. The van der Waals surface area contributed by atoms with E-state index < -0.39 is 0 Å². The van der Waals surface area contributed by atoms with Gasteiger partial charge in [-0.15, -0.1) is 0 Å². The van der Waals surface area contributed by atoms with Crippen molar-refractivity contribution in [1.29, 1.82) is 0 Å². The molecule has 94 valence electrons. The topological polar surface area (TPSA) is 21.3 Å². The predicted octanol–water partition coefficient (Wildman–Crippen LogP) is 3.12. The highest BCUT2D eigenvalue weighted by Crippen LogP contribution is 2.36. The molecule has 0 amide bonds.